The third kappa shape index (κ3) is 4.00. The van der Waals surface area contributed by atoms with Crippen molar-refractivity contribution in [1.82, 2.24) is 25.5 Å². The van der Waals surface area contributed by atoms with Crippen molar-refractivity contribution in [2.24, 2.45) is 0 Å². The van der Waals surface area contributed by atoms with Crippen LogP contribution in [0.1, 0.15) is 5.82 Å². The number of hydrogen-bond acceptors (Lipinski definition) is 6. The molecule has 2 aromatic rings. The van der Waals surface area contributed by atoms with Gasteiger partial charge in [0.2, 0.25) is 0 Å². The molecule has 0 aliphatic rings. The fourth-order valence-electron chi connectivity index (χ4n) is 1.71. The predicted octanol–water partition coefficient (Wildman–Crippen LogP) is 1.93. The largest absolute Gasteiger partial charge is 0.495 e. The minimum Gasteiger partial charge on any atom is -0.495 e. The molecule has 0 unspecified atom stereocenters. The minimum absolute atomic E-state index is 0.543. The molecule has 1 heterocycles. The van der Waals surface area contributed by atoms with Crippen LogP contribution in [0.25, 0.3) is 5.69 Å². The van der Waals surface area contributed by atoms with Gasteiger partial charge >= 0.3 is 0 Å². The Bertz CT molecular complexity index is 605. The summed E-state index contributed by atoms with van der Waals surface area (Å²) < 4.78 is 13.7. The number of hydrogen-bond donors (Lipinski definition) is 1. The molecular formula is C12H15Br2N5O2. The maximum absolute atomic E-state index is 5.31. The molecule has 21 heavy (non-hydrogen) atoms. The van der Waals surface area contributed by atoms with Gasteiger partial charge in [0.1, 0.15) is 5.75 Å². The van der Waals surface area contributed by atoms with Gasteiger partial charge in [-0.25, -0.2) is 0 Å². The van der Waals surface area contributed by atoms with Gasteiger partial charge in [-0.15, -0.1) is 5.10 Å². The molecule has 0 fully saturated rings. The normalized spacial score (nSPS) is 10.9. The fraction of sp³-hybridized carbons (Fsp3) is 0.417. The fourth-order valence-corrected chi connectivity index (χ4v) is 3.04. The Balaban J connectivity index is 2.24. The highest BCUT2D eigenvalue weighted by atomic mass is 79.9. The van der Waals surface area contributed by atoms with Crippen molar-refractivity contribution in [2.75, 3.05) is 27.4 Å². The van der Waals surface area contributed by atoms with Crippen molar-refractivity contribution in [3.8, 4) is 11.4 Å². The Hall–Kier alpha value is -1.03. The average molecular weight is 421 g/mol. The van der Waals surface area contributed by atoms with Crippen LogP contribution in [0.4, 0.5) is 0 Å². The second kappa shape index (κ2) is 7.83. The number of aromatic nitrogens is 4. The van der Waals surface area contributed by atoms with Gasteiger partial charge in [-0.1, -0.05) is 0 Å². The Morgan fingerprint density at radius 2 is 2.05 bits per heavy atom. The summed E-state index contributed by atoms with van der Waals surface area (Å²) in [6, 6.07) is 3.77. The monoisotopic (exact) mass is 419 g/mol. The molecule has 0 aliphatic carbocycles. The SMILES string of the molecule is COCCNCc1nnnn1-c1cc(OC)c(Br)cc1Br. The van der Waals surface area contributed by atoms with Crippen LogP contribution in [0.3, 0.4) is 0 Å². The molecule has 9 heteroatoms. The second-order valence-electron chi connectivity index (χ2n) is 4.11. The molecule has 2 rings (SSSR count). The van der Waals surface area contributed by atoms with Crippen LogP contribution >= 0.6 is 31.9 Å². The molecule has 0 amide bonds. The molecule has 7 nitrogen and oxygen atoms in total. The second-order valence-corrected chi connectivity index (χ2v) is 5.82. The lowest BCUT2D eigenvalue weighted by molar-refractivity contribution is 0.199. The summed E-state index contributed by atoms with van der Waals surface area (Å²) in [5.41, 5.74) is 0.809. The highest BCUT2D eigenvalue weighted by molar-refractivity contribution is 9.11. The summed E-state index contributed by atoms with van der Waals surface area (Å²) in [6.45, 7) is 1.91. The van der Waals surface area contributed by atoms with Gasteiger partial charge < -0.3 is 14.8 Å². The van der Waals surface area contributed by atoms with Gasteiger partial charge in [-0.3, -0.25) is 0 Å². The first-order valence-electron chi connectivity index (χ1n) is 6.17. The topological polar surface area (TPSA) is 74.1 Å². The van der Waals surface area contributed by atoms with Gasteiger partial charge in [0, 0.05) is 24.2 Å². The predicted molar refractivity (Wildman–Crippen MR) is 84.7 cm³/mol. The minimum atomic E-state index is 0.543. The Morgan fingerprint density at radius 1 is 1.24 bits per heavy atom. The van der Waals surface area contributed by atoms with Crippen molar-refractivity contribution < 1.29 is 9.47 Å². The molecule has 114 valence electrons. The Kier molecular flexibility index (Phi) is 6.09. The van der Waals surface area contributed by atoms with Crippen LogP contribution in [0, 0.1) is 0 Å². The first-order valence-corrected chi connectivity index (χ1v) is 7.76. The summed E-state index contributed by atoms with van der Waals surface area (Å²) in [4.78, 5) is 0. The Morgan fingerprint density at radius 3 is 2.76 bits per heavy atom. The van der Waals surface area contributed by atoms with E-state index in [0.29, 0.717) is 24.7 Å². The molecule has 0 saturated heterocycles. The smallest absolute Gasteiger partial charge is 0.170 e. The van der Waals surface area contributed by atoms with Crippen molar-refractivity contribution in [3.63, 3.8) is 0 Å². The van der Waals surface area contributed by atoms with Gasteiger partial charge in [0.05, 0.1) is 30.4 Å². The van der Waals surface area contributed by atoms with Crippen LogP contribution in [0.5, 0.6) is 5.75 Å². The average Bonchev–Trinajstić information content (AvgIpc) is 2.92. The molecule has 1 aromatic heterocycles. The van der Waals surface area contributed by atoms with Crippen LogP contribution < -0.4 is 10.1 Å². The zero-order chi connectivity index (χ0) is 15.2. The van der Waals surface area contributed by atoms with E-state index in [4.69, 9.17) is 9.47 Å². The summed E-state index contributed by atoms with van der Waals surface area (Å²) in [5, 5.41) is 15.0. The molecule has 0 saturated carbocycles. The third-order valence-corrected chi connectivity index (χ3v) is 4.00. The number of methoxy groups -OCH3 is 2. The van der Waals surface area contributed by atoms with E-state index < -0.39 is 0 Å². The number of rotatable bonds is 7. The van der Waals surface area contributed by atoms with E-state index in [9.17, 15) is 0 Å². The van der Waals surface area contributed by atoms with Crippen LogP contribution in [-0.2, 0) is 11.3 Å². The number of benzene rings is 1. The number of halogens is 2. The van der Waals surface area contributed by atoms with E-state index in [1.54, 1.807) is 18.9 Å². The van der Waals surface area contributed by atoms with E-state index in [2.05, 4.69) is 52.7 Å². The lowest BCUT2D eigenvalue weighted by atomic mass is 10.3. The van der Waals surface area contributed by atoms with E-state index in [-0.39, 0.29) is 0 Å². The quantitative estimate of drug-likeness (QED) is 0.690. The first kappa shape index (κ1) is 16.3. The van der Waals surface area contributed by atoms with E-state index in [1.807, 2.05) is 12.1 Å². The van der Waals surface area contributed by atoms with Gasteiger partial charge in [0.25, 0.3) is 0 Å². The van der Waals surface area contributed by atoms with E-state index in [0.717, 1.165) is 21.2 Å². The lowest BCUT2D eigenvalue weighted by Crippen LogP contribution is -2.21. The van der Waals surface area contributed by atoms with Crippen molar-refractivity contribution in [1.29, 1.82) is 0 Å². The summed E-state index contributed by atoms with van der Waals surface area (Å²) in [6.07, 6.45) is 0. The van der Waals surface area contributed by atoms with Gasteiger partial charge in [-0.05, 0) is 48.4 Å². The summed E-state index contributed by atoms with van der Waals surface area (Å²) in [7, 11) is 3.28. The van der Waals surface area contributed by atoms with Crippen LogP contribution in [-0.4, -0.2) is 47.6 Å². The molecule has 1 aromatic carbocycles. The van der Waals surface area contributed by atoms with E-state index >= 15 is 0 Å². The number of nitrogens with zero attached hydrogens (tertiary/aromatic N) is 4. The van der Waals surface area contributed by atoms with E-state index in [1.165, 1.54) is 0 Å². The van der Waals surface area contributed by atoms with Gasteiger partial charge in [-0.2, -0.15) is 4.68 Å². The van der Waals surface area contributed by atoms with Crippen molar-refractivity contribution in [2.45, 2.75) is 6.54 Å². The highest BCUT2D eigenvalue weighted by Gasteiger charge is 2.14. The third-order valence-electron chi connectivity index (χ3n) is 2.75. The van der Waals surface area contributed by atoms with Gasteiger partial charge in [0.15, 0.2) is 5.82 Å². The molecule has 0 atom stereocenters. The standard InChI is InChI=1S/C12H15Br2N5O2/c1-20-4-3-15-7-12-16-17-18-19(12)10-6-11(21-2)9(14)5-8(10)13/h5-6,15H,3-4,7H2,1-2H3. The maximum atomic E-state index is 5.31. The van der Waals surface area contributed by atoms with Crippen LogP contribution in [0.2, 0.25) is 0 Å². The maximum Gasteiger partial charge on any atom is 0.170 e. The molecule has 0 aliphatic heterocycles. The zero-order valence-corrected chi connectivity index (χ0v) is 14.8. The van der Waals surface area contributed by atoms with Crippen molar-refractivity contribution >= 4 is 31.9 Å². The first-order chi connectivity index (χ1) is 10.2. The summed E-state index contributed by atoms with van der Waals surface area (Å²) in [5.74, 6) is 1.41. The molecule has 0 spiro atoms. The Labute approximate surface area is 139 Å². The molecular weight excluding hydrogens is 406 g/mol. The molecule has 0 radical (unpaired) electrons. The molecule has 0 bridgehead atoms. The zero-order valence-electron chi connectivity index (χ0n) is 11.6. The number of nitrogens with one attached hydrogen (secondary N) is 1. The summed E-state index contributed by atoms with van der Waals surface area (Å²) >= 11 is 6.96. The molecule has 1 N–H and O–H groups in total. The highest BCUT2D eigenvalue weighted by Crippen LogP contribution is 2.33. The van der Waals surface area contributed by atoms with Crippen LogP contribution in [0.15, 0.2) is 21.1 Å². The number of ether oxygens (including phenoxy) is 2. The number of tetrazole rings is 1. The van der Waals surface area contributed by atoms with Crippen molar-refractivity contribution in [3.05, 3.63) is 26.9 Å². The lowest BCUT2D eigenvalue weighted by Gasteiger charge is -2.11.